The lowest BCUT2D eigenvalue weighted by Gasteiger charge is -2.38. The zero-order chi connectivity index (χ0) is 35.8. The molecule has 0 spiro atoms. The number of anilines is 3. The maximum absolute atomic E-state index is 14.7. The molecule has 3 saturated heterocycles. The average molecular weight is 709 g/mol. The lowest BCUT2D eigenvalue weighted by atomic mass is 9.90. The highest BCUT2D eigenvalue weighted by molar-refractivity contribution is 6.01. The van der Waals surface area contributed by atoms with Crippen LogP contribution in [0.5, 0.6) is 0 Å². The van der Waals surface area contributed by atoms with Gasteiger partial charge in [0.1, 0.15) is 11.6 Å². The van der Waals surface area contributed by atoms with Crippen molar-refractivity contribution in [3.8, 4) is 11.3 Å². The third kappa shape index (κ3) is 7.00. The Kier molecular flexibility index (Phi) is 9.41. The molecule has 2 amide bonds. The smallest absolute Gasteiger partial charge is 0.234 e. The van der Waals surface area contributed by atoms with Crippen molar-refractivity contribution in [1.82, 2.24) is 39.3 Å². The number of aryl methyl sites for hydroxylation is 1. The van der Waals surface area contributed by atoms with Gasteiger partial charge in [0.2, 0.25) is 11.8 Å². The fourth-order valence-corrected chi connectivity index (χ4v) is 7.67. The third-order valence-corrected chi connectivity index (χ3v) is 10.7. The van der Waals surface area contributed by atoms with Crippen LogP contribution < -0.4 is 15.5 Å². The molecule has 12 nitrogen and oxygen atoms in total. The first-order valence-corrected chi connectivity index (χ1v) is 18.0. The summed E-state index contributed by atoms with van der Waals surface area (Å²) in [6.45, 7) is 9.56. The van der Waals surface area contributed by atoms with Gasteiger partial charge in [-0.1, -0.05) is 12.1 Å². The first-order chi connectivity index (χ1) is 25.3. The van der Waals surface area contributed by atoms with Crippen molar-refractivity contribution in [2.75, 3.05) is 62.6 Å². The number of aromatic nitrogens is 5. The average Bonchev–Trinajstić information content (AvgIpc) is 3.84. The standard InChI is InChI=1S/C38H42F2N10O2/c1-25-19-31(33(40)21-32(25)39)34-23-42-36(37-41-9-12-49(34)37)44-27-22-43-50(24-27)28-7-10-46(11-8-28)13-14-47-15-17-48(18-16-47)29-4-2-3-26(20-29)30-5-6-35(51)45-38(30)52/h2-4,9,12,19-24,28,30H,5-8,10-11,13-18H2,1H3,(H,42,44)(H,45,51,52). The molecule has 14 heteroatoms. The molecule has 6 heterocycles. The van der Waals surface area contributed by atoms with E-state index in [0.29, 0.717) is 41.6 Å². The molecule has 8 rings (SSSR count). The predicted octanol–water partition coefficient (Wildman–Crippen LogP) is 4.90. The molecule has 3 aliphatic heterocycles. The number of imidazole rings is 1. The summed E-state index contributed by atoms with van der Waals surface area (Å²) < 4.78 is 32.4. The summed E-state index contributed by atoms with van der Waals surface area (Å²) in [6.07, 6.45) is 11.7. The van der Waals surface area contributed by atoms with Crippen LogP contribution in [0.25, 0.3) is 16.9 Å². The number of piperidine rings is 2. The zero-order valence-corrected chi connectivity index (χ0v) is 29.1. The second-order valence-electron chi connectivity index (χ2n) is 14.0. The number of fused-ring (bicyclic) bond motifs is 1. The number of carbonyl (C=O) groups is 2. The summed E-state index contributed by atoms with van der Waals surface area (Å²) in [5.41, 5.74) is 4.53. The van der Waals surface area contributed by atoms with Crippen molar-refractivity contribution in [2.45, 2.75) is 44.6 Å². The Bertz CT molecular complexity index is 2100. The predicted molar refractivity (Wildman–Crippen MR) is 194 cm³/mol. The number of imide groups is 1. The van der Waals surface area contributed by atoms with E-state index in [9.17, 15) is 18.4 Å². The number of halogens is 2. The van der Waals surface area contributed by atoms with Crippen LogP contribution in [0.2, 0.25) is 0 Å². The van der Waals surface area contributed by atoms with E-state index in [1.54, 1.807) is 36.1 Å². The summed E-state index contributed by atoms with van der Waals surface area (Å²) in [5.74, 6) is -1.37. The van der Waals surface area contributed by atoms with E-state index in [1.807, 2.05) is 23.0 Å². The van der Waals surface area contributed by atoms with Crippen LogP contribution in [-0.2, 0) is 9.59 Å². The van der Waals surface area contributed by atoms with Gasteiger partial charge in [-0.15, -0.1) is 0 Å². The van der Waals surface area contributed by atoms with Crippen molar-refractivity contribution < 1.29 is 18.4 Å². The molecule has 1 atom stereocenters. The van der Waals surface area contributed by atoms with Crippen LogP contribution >= 0.6 is 0 Å². The molecule has 1 unspecified atom stereocenters. The number of likely N-dealkylation sites (tertiary alicyclic amines) is 1. The van der Waals surface area contributed by atoms with E-state index in [2.05, 4.69) is 52.5 Å². The van der Waals surface area contributed by atoms with E-state index < -0.39 is 11.6 Å². The molecule has 52 heavy (non-hydrogen) atoms. The van der Waals surface area contributed by atoms with Gasteiger partial charge in [0.25, 0.3) is 0 Å². The lowest BCUT2D eigenvalue weighted by Crippen LogP contribution is -2.49. The van der Waals surface area contributed by atoms with Crippen molar-refractivity contribution in [1.29, 1.82) is 0 Å². The van der Waals surface area contributed by atoms with Gasteiger partial charge in [0.15, 0.2) is 11.5 Å². The number of hydrogen-bond acceptors (Lipinski definition) is 9. The molecule has 0 radical (unpaired) electrons. The van der Waals surface area contributed by atoms with Crippen LogP contribution in [0, 0.1) is 18.6 Å². The van der Waals surface area contributed by atoms with Gasteiger partial charge >= 0.3 is 0 Å². The van der Waals surface area contributed by atoms with Crippen molar-refractivity contribution in [3.05, 3.63) is 90.1 Å². The monoisotopic (exact) mass is 708 g/mol. The SMILES string of the molecule is Cc1cc(-c2cnc(Nc3cnn(C4CCN(CCN5CCN(c6cccc(C7CCC(=O)NC7=O)c6)CC5)CC4)c3)c3nccn23)c(F)cc1F. The normalized spacial score (nSPS) is 19.4. The van der Waals surface area contributed by atoms with E-state index in [4.69, 9.17) is 0 Å². The van der Waals surface area contributed by atoms with Crippen LogP contribution in [0.1, 0.15) is 48.8 Å². The number of benzene rings is 2. The first-order valence-electron chi connectivity index (χ1n) is 18.0. The summed E-state index contributed by atoms with van der Waals surface area (Å²) in [6, 6.07) is 10.9. The molecule has 3 aromatic heterocycles. The number of piperazine rings is 1. The molecule has 3 aliphatic rings. The van der Waals surface area contributed by atoms with Gasteiger partial charge in [0, 0.05) is 94.7 Å². The lowest BCUT2D eigenvalue weighted by molar-refractivity contribution is -0.134. The van der Waals surface area contributed by atoms with Crippen LogP contribution in [0.3, 0.4) is 0 Å². The zero-order valence-electron chi connectivity index (χ0n) is 29.1. The Hall–Kier alpha value is -5.21. The first kappa shape index (κ1) is 33.9. The molecule has 5 aromatic rings. The van der Waals surface area contributed by atoms with Gasteiger partial charge in [-0.2, -0.15) is 5.10 Å². The number of amides is 2. The van der Waals surface area contributed by atoms with Crippen LogP contribution in [0.15, 0.2) is 67.4 Å². The summed E-state index contributed by atoms with van der Waals surface area (Å²) >= 11 is 0. The molecule has 0 bridgehead atoms. The Morgan fingerprint density at radius 2 is 1.69 bits per heavy atom. The Morgan fingerprint density at radius 1 is 0.904 bits per heavy atom. The number of hydrogen-bond donors (Lipinski definition) is 2. The van der Waals surface area contributed by atoms with Crippen molar-refractivity contribution >= 4 is 34.7 Å². The van der Waals surface area contributed by atoms with Crippen LogP contribution in [0.4, 0.5) is 26.0 Å². The Morgan fingerprint density at radius 3 is 2.48 bits per heavy atom. The number of nitrogens with one attached hydrogen (secondary N) is 2. The maximum atomic E-state index is 14.7. The molecular formula is C38H42F2N10O2. The largest absolute Gasteiger partial charge is 0.369 e. The summed E-state index contributed by atoms with van der Waals surface area (Å²) in [5, 5.41) is 10.5. The van der Waals surface area contributed by atoms with E-state index >= 15 is 0 Å². The summed E-state index contributed by atoms with van der Waals surface area (Å²) in [4.78, 5) is 40.5. The molecule has 3 fully saturated rings. The number of rotatable bonds is 9. The minimum absolute atomic E-state index is 0.186. The van der Waals surface area contributed by atoms with Crippen molar-refractivity contribution in [3.63, 3.8) is 0 Å². The van der Waals surface area contributed by atoms with Gasteiger partial charge in [-0.25, -0.2) is 18.7 Å². The van der Waals surface area contributed by atoms with Gasteiger partial charge in [-0.05, 0) is 55.5 Å². The topological polar surface area (TPSA) is 116 Å². The summed E-state index contributed by atoms with van der Waals surface area (Å²) in [7, 11) is 0. The quantitative estimate of drug-likeness (QED) is 0.206. The second kappa shape index (κ2) is 14.4. The second-order valence-corrected chi connectivity index (χ2v) is 14.0. The van der Waals surface area contributed by atoms with Crippen LogP contribution in [-0.4, -0.2) is 98.1 Å². The molecule has 2 aromatic carbocycles. The molecule has 270 valence electrons. The highest BCUT2D eigenvalue weighted by Gasteiger charge is 2.29. The highest BCUT2D eigenvalue weighted by Crippen LogP contribution is 2.31. The van der Waals surface area contributed by atoms with E-state index in [0.717, 1.165) is 88.2 Å². The maximum Gasteiger partial charge on any atom is 0.234 e. The Labute approximate surface area is 300 Å². The fourth-order valence-electron chi connectivity index (χ4n) is 7.67. The van der Waals surface area contributed by atoms with Crippen molar-refractivity contribution in [2.24, 2.45) is 0 Å². The van der Waals surface area contributed by atoms with Gasteiger partial charge < -0.3 is 15.1 Å². The number of carbonyl (C=O) groups excluding carboxylic acids is 2. The minimum Gasteiger partial charge on any atom is -0.369 e. The van der Waals surface area contributed by atoms with E-state index in [1.165, 1.54) is 6.07 Å². The number of nitrogens with zero attached hydrogens (tertiary/aromatic N) is 8. The minimum atomic E-state index is -0.653. The molecule has 0 aliphatic carbocycles. The van der Waals surface area contributed by atoms with E-state index in [-0.39, 0.29) is 23.3 Å². The molecule has 0 saturated carbocycles. The Balaban J connectivity index is 0.809. The van der Waals surface area contributed by atoms with Gasteiger partial charge in [-0.3, -0.25) is 28.9 Å². The third-order valence-electron chi connectivity index (χ3n) is 10.7. The highest BCUT2D eigenvalue weighted by atomic mass is 19.1. The van der Waals surface area contributed by atoms with Gasteiger partial charge in [0.05, 0.1) is 35.7 Å². The fraction of sp³-hybridized carbons (Fsp3) is 0.395. The molecule has 2 N–H and O–H groups in total. The molecular weight excluding hydrogens is 666 g/mol.